The summed E-state index contributed by atoms with van der Waals surface area (Å²) in [6.45, 7) is 9.47. The Labute approximate surface area is 118 Å². The number of carbonyl (C=O) groups excluding carboxylic acids is 1. The summed E-state index contributed by atoms with van der Waals surface area (Å²) in [6, 6.07) is 7.90. The molecule has 1 aromatic rings. The molecule has 0 saturated carbocycles. The second-order valence-electron chi connectivity index (χ2n) is 5.90. The van der Waals surface area contributed by atoms with Crippen molar-refractivity contribution < 1.29 is 9.00 Å². The molecule has 0 unspecified atom stereocenters. The Bertz CT molecular complexity index is 477. The zero-order valence-corrected chi connectivity index (χ0v) is 13.1. The average Bonchev–Trinajstić information content (AvgIpc) is 2.25. The molecule has 0 fully saturated rings. The summed E-state index contributed by atoms with van der Waals surface area (Å²) >= 11 is 0. The van der Waals surface area contributed by atoms with Gasteiger partial charge in [-0.1, -0.05) is 29.8 Å². The van der Waals surface area contributed by atoms with Gasteiger partial charge in [-0.15, -0.1) is 0 Å². The quantitative estimate of drug-likeness (QED) is 0.922. The second kappa shape index (κ2) is 6.33. The van der Waals surface area contributed by atoms with Gasteiger partial charge in [-0.2, -0.15) is 0 Å². The van der Waals surface area contributed by atoms with E-state index in [-0.39, 0.29) is 11.4 Å². The monoisotopic (exact) mass is 281 g/mol. The van der Waals surface area contributed by atoms with Crippen LogP contribution in [0.2, 0.25) is 0 Å². The normalized spacial score (nSPS) is 14.8. The van der Waals surface area contributed by atoms with Gasteiger partial charge in [0.2, 0.25) is 5.91 Å². The molecule has 0 spiro atoms. The van der Waals surface area contributed by atoms with Crippen molar-refractivity contribution in [2.24, 2.45) is 0 Å². The Balaban J connectivity index is 2.65. The number of hydrogen-bond acceptors (Lipinski definition) is 2. The summed E-state index contributed by atoms with van der Waals surface area (Å²) in [4.78, 5) is 12.0. The highest BCUT2D eigenvalue weighted by atomic mass is 32.2. The van der Waals surface area contributed by atoms with Crippen molar-refractivity contribution in [3.05, 3.63) is 35.4 Å². The predicted octanol–water partition coefficient (Wildman–Crippen LogP) is 2.55. The highest BCUT2D eigenvalue weighted by Crippen LogP contribution is 2.11. The predicted molar refractivity (Wildman–Crippen MR) is 80.4 cm³/mol. The van der Waals surface area contributed by atoms with Crippen LogP contribution < -0.4 is 5.32 Å². The molecule has 2 atom stereocenters. The molecule has 1 aromatic carbocycles. The zero-order valence-electron chi connectivity index (χ0n) is 12.3. The van der Waals surface area contributed by atoms with Crippen molar-refractivity contribution >= 4 is 16.7 Å². The fourth-order valence-electron chi connectivity index (χ4n) is 1.68. The summed E-state index contributed by atoms with van der Waals surface area (Å²) in [5.74, 6) is 0.263. The number of rotatable bonds is 4. The molecule has 0 aliphatic rings. The maximum Gasteiger partial charge on any atom is 0.235 e. The van der Waals surface area contributed by atoms with Crippen LogP contribution in [0.25, 0.3) is 0 Å². The van der Waals surface area contributed by atoms with E-state index >= 15 is 0 Å². The minimum atomic E-state index is -1.20. The summed E-state index contributed by atoms with van der Waals surface area (Å²) < 4.78 is 12.2. The fraction of sp³-hybridized carbons (Fsp3) is 0.533. The van der Waals surface area contributed by atoms with E-state index in [1.54, 1.807) is 6.92 Å². The summed E-state index contributed by atoms with van der Waals surface area (Å²) in [5.41, 5.74) is 1.86. The van der Waals surface area contributed by atoms with E-state index < -0.39 is 16.0 Å². The molecule has 4 heteroatoms. The molecule has 19 heavy (non-hydrogen) atoms. The number of aryl methyl sites for hydroxylation is 1. The molecule has 1 amide bonds. The Hall–Kier alpha value is -1.16. The van der Waals surface area contributed by atoms with E-state index in [9.17, 15) is 9.00 Å². The van der Waals surface area contributed by atoms with E-state index in [0.29, 0.717) is 5.75 Å². The van der Waals surface area contributed by atoms with Crippen molar-refractivity contribution in [3.8, 4) is 0 Å². The van der Waals surface area contributed by atoms with Gasteiger partial charge in [-0.05, 0) is 40.2 Å². The first kappa shape index (κ1) is 15.9. The van der Waals surface area contributed by atoms with Crippen LogP contribution in [0, 0.1) is 6.92 Å². The van der Waals surface area contributed by atoms with Crippen molar-refractivity contribution in [2.45, 2.75) is 51.2 Å². The Morgan fingerprint density at radius 2 is 2.00 bits per heavy atom. The van der Waals surface area contributed by atoms with E-state index in [2.05, 4.69) is 5.32 Å². The lowest BCUT2D eigenvalue weighted by atomic mass is 10.1. The summed E-state index contributed by atoms with van der Waals surface area (Å²) in [6.07, 6.45) is 0. The highest BCUT2D eigenvalue weighted by Gasteiger charge is 2.23. The van der Waals surface area contributed by atoms with Crippen LogP contribution in [-0.4, -0.2) is 20.9 Å². The molecule has 0 heterocycles. The van der Waals surface area contributed by atoms with Gasteiger partial charge in [0.1, 0.15) is 5.25 Å². The number of benzene rings is 1. The summed E-state index contributed by atoms with van der Waals surface area (Å²) in [7, 11) is -1.20. The molecule has 0 bridgehead atoms. The lowest BCUT2D eigenvalue weighted by Crippen LogP contribution is -2.46. The Morgan fingerprint density at radius 1 is 1.37 bits per heavy atom. The lowest BCUT2D eigenvalue weighted by molar-refractivity contribution is -0.121. The van der Waals surface area contributed by atoms with Gasteiger partial charge in [0.15, 0.2) is 0 Å². The zero-order chi connectivity index (χ0) is 14.6. The van der Waals surface area contributed by atoms with Gasteiger partial charge in [0.25, 0.3) is 0 Å². The smallest absolute Gasteiger partial charge is 0.235 e. The van der Waals surface area contributed by atoms with Gasteiger partial charge in [0, 0.05) is 22.1 Å². The molecule has 1 rings (SSSR count). The maximum absolute atomic E-state index is 12.2. The van der Waals surface area contributed by atoms with Gasteiger partial charge >= 0.3 is 0 Å². The van der Waals surface area contributed by atoms with E-state index in [0.717, 1.165) is 11.1 Å². The van der Waals surface area contributed by atoms with Crippen molar-refractivity contribution in [1.82, 2.24) is 5.32 Å². The molecule has 0 aliphatic heterocycles. The topological polar surface area (TPSA) is 46.2 Å². The van der Waals surface area contributed by atoms with Gasteiger partial charge in [-0.3, -0.25) is 9.00 Å². The van der Waals surface area contributed by atoms with Crippen LogP contribution in [0.1, 0.15) is 38.8 Å². The fourth-order valence-corrected chi connectivity index (χ4v) is 2.74. The third-order valence-electron chi connectivity index (χ3n) is 2.65. The molecular formula is C15H23NO2S. The number of amides is 1. The largest absolute Gasteiger partial charge is 0.350 e. The minimum Gasteiger partial charge on any atom is -0.350 e. The van der Waals surface area contributed by atoms with Crippen LogP contribution in [-0.2, 0) is 21.3 Å². The maximum atomic E-state index is 12.2. The van der Waals surface area contributed by atoms with Gasteiger partial charge < -0.3 is 5.32 Å². The van der Waals surface area contributed by atoms with Gasteiger partial charge in [0.05, 0.1) is 0 Å². The first-order valence-corrected chi connectivity index (χ1v) is 7.82. The van der Waals surface area contributed by atoms with Crippen LogP contribution in [0.5, 0.6) is 0 Å². The highest BCUT2D eigenvalue weighted by molar-refractivity contribution is 7.85. The van der Waals surface area contributed by atoms with E-state index in [4.69, 9.17) is 0 Å². The minimum absolute atomic E-state index is 0.154. The van der Waals surface area contributed by atoms with E-state index in [1.165, 1.54) is 0 Å². The third-order valence-corrected chi connectivity index (χ3v) is 4.27. The van der Waals surface area contributed by atoms with E-state index in [1.807, 2.05) is 52.0 Å². The molecule has 106 valence electrons. The number of nitrogens with one attached hydrogen (secondary N) is 1. The Morgan fingerprint density at radius 3 is 2.53 bits per heavy atom. The average molecular weight is 281 g/mol. The SMILES string of the molecule is Cc1cccc(C[S@@](=O)[C@H](C)C(=O)NC(C)(C)C)c1. The van der Waals surface area contributed by atoms with Crippen LogP contribution >= 0.6 is 0 Å². The third kappa shape index (κ3) is 5.55. The first-order chi connectivity index (χ1) is 8.69. The molecule has 0 aliphatic carbocycles. The number of hydrogen-bond donors (Lipinski definition) is 1. The van der Waals surface area contributed by atoms with Crippen LogP contribution in [0.3, 0.4) is 0 Å². The second-order valence-corrected chi connectivity index (χ2v) is 7.65. The molecule has 0 radical (unpaired) electrons. The van der Waals surface area contributed by atoms with Crippen molar-refractivity contribution in [1.29, 1.82) is 0 Å². The molecule has 1 N–H and O–H groups in total. The lowest BCUT2D eigenvalue weighted by Gasteiger charge is -2.23. The molecular weight excluding hydrogens is 258 g/mol. The van der Waals surface area contributed by atoms with Crippen molar-refractivity contribution in [2.75, 3.05) is 0 Å². The summed E-state index contributed by atoms with van der Waals surface area (Å²) in [5, 5.41) is 2.36. The Kier molecular flexibility index (Phi) is 5.29. The molecule has 3 nitrogen and oxygen atoms in total. The standard InChI is InChI=1S/C15H23NO2S/c1-11-7-6-8-13(9-11)10-19(18)12(2)14(17)16-15(3,4)5/h6-9,12H,10H2,1-5H3,(H,16,17)/t12-,19-/m1/s1. The van der Waals surface area contributed by atoms with Crippen LogP contribution in [0.15, 0.2) is 24.3 Å². The van der Waals surface area contributed by atoms with Gasteiger partial charge in [-0.25, -0.2) is 0 Å². The number of carbonyl (C=O) groups is 1. The molecule has 0 aromatic heterocycles. The first-order valence-electron chi connectivity index (χ1n) is 6.44. The van der Waals surface area contributed by atoms with Crippen molar-refractivity contribution in [3.63, 3.8) is 0 Å². The van der Waals surface area contributed by atoms with Crippen LogP contribution in [0.4, 0.5) is 0 Å². The molecule has 0 saturated heterocycles.